The maximum Gasteiger partial charge on any atom is 0.322 e. The molecule has 0 atom stereocenters. The molecule has 0 aliphatic carbocycles. The van der Waals surface area contributed by atoms with E-state index in [0.717, 1.165) is 16.5 Å². The molecule has 2 aromatic rings. The Hall–Kier alpha value is -2.83. The third-order valence-corrected chi connectivity index (χ3v) is 2.91. The average Bonchev–Trinajstić information content (AvgIpc) is 2.86. The number of amides is 2. The zero-order chi connectivity index (χ0) is 15.2. The van der Waals surface area contributed by atoms with Gasteiger partial charge in [-0.05, 0) is 11.6 Å². The van der Waals surface area contributed by atoms with Crippen LogP contribution in [0.15, 0.2) is 30.5 Å². The number of aromatic amines is 1. The van der Waals surface area contributed by atoms with Crippen LogP contribution in [0.4, 0.5) is 0 Å². The van der Waals surface area contributed by atoms with E-state index in [0.29, 0.717) is 0 Å². The number of nitrogens with one attached hydrogen (secondary N) is 3. The van der Waals surface area contributed by atoms with Gasteiger partial charge in [-0.15, -0.1) is 0 Å². The van der Waals surface area contributed by atoms with Crippen molar-refractivity contribution < 1.29 is 19.5 Å². The summed E-state index contributed by atoms with van der Waals surface area (Å²) in [7, 11) is 0. The number of para-hydroxylation sites is 1. The first-order chi connectivity index (χ1) is 10.1. The van der Waals surface area contributed by atoms with E-state index in [1.165, 1.54) is 0 Å². The summed E-state index contributed by atoms with van der Waals surface area (Å²) in [5, 5.41) is 14.0. The first-order valence-electron chi connectivity index (χ1n) is 6.36. The second-order valence-corrected chi connectivity index (χ2v) is 4.48. The van der Waals surface area contributed by atoms with E-state index in [4.69, 9.17) is 5.11 Å². The molecule has 0 unspecified atom stereocenters. The van der Waals surface area contributed by atoms with Gasteiger partial charge in [0.25, 0.3) is 0 Å². The Morgan fingerprint density at radius 1 is 1.05 bits per heavy atom. The minimum atomic E-state index is -1.13. The fourth-order valence-electron chi connectivity index (χ4n) is 1.93. The maximum absolute atomic E-state index is 11.8. The lowest BCUT2D eigenvalue weighted by atomic mass is 10.1. The fourth-order valence-corrected chi connectivity index (χ4v) is 1.93. The van der Waals surface area contributed by atoms with Gasteiger partial charge >= 0.3 is 5.97 Å². The van der Waals surface area contributed by atoms with Gasteiger partial charge in [0.15, 0.2) is 0 Å². The Morgan fingerprint density at radius 3 is 2.52 bits per heavy atom. The van der Waals surface area contributed by atoms with Gasteiger partial charge in [-0.25, -0.2) is 0 Å². The van der Waals surface area contributed by atoms with Gasteiger partial charge in [-0.2, -0.15) is 0 Å². The number of aliphatic carboxylic acids is 1. The number of carboxylic acids is 1. The highest BCUT2D eigenvalue weighted by Crippen LogP contribution is 2.17. The Kier molecular flexibility index (Phi) is 4.55. The highest BCUT2D eigenvalue weighted by Gasteiger charge is 2.10. The first-order valence-corrected chi connectivity index (χ1v) is 6.36. The predicted octanol–water partition coefficient (Wildman–Crippen LogP) is 0.0274. The van der Waals surface area contributed by atoms with Crippen molar-refractivity contribution in [3.63, 3.8) is 0 Å². The quantitative estimate of drug-likeness (QED) is 0.601. The number of hydrogen-bond acceptors (Lipinski definition) is 3. The fraction of sp³-hybridized carbons (Fsp3) is 0.214. The normalized spacial score (nSPS) is 10.3. The van der Waals surface area contributed by atoms with Crippen LogP contribution in [-0.4, -0.2) is 41.0 Å². The van der Waals surface area contributed by atoms with Crippen molar-refractivity contribution in [2.24, 2.45) is 0 Å². The van der Waals surface area contributed by atoms with Crippen molar-refractivity contribution in [1.82, 2.24) is 15.6 Å². The molecule has 0 radical (unpaired) electrons. The molecule has 0 saturated heterocycles. The number of hydrogen-bond donors (Lipinski definition) is 4. The van der Waals surface area contributed by atoms with Gasteiger partial charge in [0.05, 0.1) is 13.0 Å². The van der Waals surface area contributed by atoms with Crippen LogP contribution in [0.5, 0.6) is 0 Å². The number of carbonyl (C=O) groups is 3. The zero-order valence-corrected chi connectivity index (χ0v) is 11.2. The zero-order valence-electron chi connectivity index (χ0n) is 11.2. The molecular formula is C14H15N3O4. The van der Waals surface area contributed by atoms with Gasteiger partial charge in [0.2, 0.25) is 11.8 Å². The second kappa shape index (κ2) is 6.56. The average molecular weight is 289 g/mol. The topological polar surface area (TPSA) is 111 Å². The van der Waals surface area contributed by atoms with E-state index in [2.05, 4.69) is 15.6 Å². The lowest BCUT2D eigenvalue weighted by Crippen LogP contribution is -2.39. The Bertz CT molecular complexity index is 678. The molecule has 21 heavy (non-hydrogen) atoms. The van der Waals surface area contributed by atoms with Gasteiger partial charge in [-0.1, -0.05) is 18.2 Å². The van der Waals surface area contributed by atoms with Gasteiger partial charge in [0.1, 0.15) is 6.54 Å². The third kappa shape index (κ3) is 4.07. The van der Waals surface area contributed by atoms with Crippen molar-refractivity contribution in [1.29, 1.82) is 0 Å². The number of rotatable bonds is 6. The molecule has 0 saturated carbocycles. The molecule has 0 spiro atoms. The van der Waals surface area contributed by atoms with Crippen molar-refractivity contribution in [3.8, 4) is 0 Å². The molecule has 0 bridgehead atoms. The van der Waals surface area contributed by atoms with E-state index in [1.807, 2.05) is 24.3 Å². The minimum Gasteiger partial charge on any atom is -0.480 e. The summed E-state index contributed by atoms with van der Waals surface area (Å²) in [6.07, 6.45) is 1.91. The molecule has 2 rings (SSSR count). The number of aromatic nitrogens is 1. The van der Waals surface area contributed by atoms with Crippen molar-refractivity contribution in [2.45, 2.75) is 6.42 Å². The van der Waals surface area contributed by atoms with Crippen LogP contribution in [0.1, 0.15) is 5.56 Å². The molecule has 7 heteroatoms. The lowest BCUT2D eigenvalue weighted by Gasteiger charge is -2.05. The monoisotopic (exact) mass is 289 g/mol. The van der Waals surface area contributed by atoms with Crippen LogP contribution < -0.4 is 10.6 Å². The first kappa shape index (κ1) is 14.6. The van der Waals surface area contributed by atoms with Crippen molar-refractivity contribution >= 4 is 28.7 Å². The predicted molar refractivity (Wildman–Crippen MR) is 75.7 cm³/mol. The van der Waals surface area contributed by atoms with Gasteiger partial charge < -0.3 is 20.7 Å². The molecule has 110 valence electrons. The van der Waals surface area contributed by atoms with Crippen LogP contribution in [0.2, 0.25) is 0 Å². The van der Waals surface area contributed by atoms with Gasteiger partial charge in [-0.3, -0.25) is 14.4 Å². The number of carboxylic acid groups (broad SMARTS) is 1. The highest BCUT2D eigenvalue weighted by atomic mass is 16.4. The number of H-pyrrole nitrogens is 1. The number of fused-ring (bicyclic) bond motifs is 1. The molecule has 1 aromatic carbocycles. The Balaban J connectivity index is 1.85. The molecule has 2 amide bonds. The van der Waals surface area contributed by atoms with Gasteiger partial charge in [0, 0.05) is 17.1 Å². The smallest absolute Gasteiger partial charge is 0.322 e. The van der Waals surface area contributed by atoms with Crippen LogP contribution in [-0.2, 0) is 20.8 Å². The summed E-state index contributed by atoms with van der Waals surface area (Å²) in [6.45, 7) is -0.703. The van der Waals surface area contributed by atoms with Crippen molar-refractivity contribution in [2.75, 3.05) is 13.1 Å². The summed E-state index contributed by atoms with van der Waals surface area (Å²) < 4.78 is 0. The molecular weight excluding hydrogens is 274 g/mol. The summed E-state index contributed by atoms with van der Waals surface area (Å²) >= 11 is 0. The van der Waals surface area contributed by atoms with Crippen LogP contribution >= 0.6 is 0 Å². The molecule has 1 aromatic heterocycles. The maximum atomic E-state index is 11.8. The van der Waals surface area contributed by atoms with E-state index in [1.54, 1.807) is 6.20 Å². The number of carbonyl (C=O) groups excluding carboxylic acids is 2. The molecule has 1 heterocycles. The Labute approximate surface area is 120 Å². The lowest BCUT2D eigenvalue weighted by molar-refractivity contribution is -0.137. The van der Waals surface area contributed by atoms with Crippen molar-refractivity contribution in [3.05, 3.63) is 36.0 Å². The Morgan fingerprint density at radius 2 is 1.76 bits per heavy atom. The summed E-state index contributed by atoms with van der Waals surface area (Å²) in [5.74, 6) is -1.97. The van der Waals surface area contributed by atoms with E-state index in [-0.39, 0.29) is 18.9 Å². The van der Waals surface area contributed by atoms with Crippen LogP contribution in [0.3, 0.4) is 0 Å². The SMILES string of the molecule is O=C(O)CNC(=O)CNC(=O)Cc1c[nH]c2ccccc12. The van der Waals surface area contributed by atoms with E-state index in [9.17, 15) is 14.4 Å². The molecule has 0 fully saturated rings. The molecule has 4 N–H and O–H groups in total. The molecule has 0 aliphatic heterocycles. The second-order valence-electron chi connectivity index (χ2n) is 4.48. The molecule has 7 nitrogen and oxygen atoms in total. The van der Waals surface area contributed by atoms with Crippen LogP contribution in [0.25, 0.3) is 10.9 Å². The summed E-state index contributed by atoms with van der Waals surface area (Å²) in [4.78, 5) is 36.4. The van der Waals surface area contributed by atoms with E-state index >= 15 is 0 Å². The largest absolute Gasteiger partial charge is 0.480 e. The van der Waals surface area contributed by atoms with E-state index < -0.39 is 18.4 Å². The standard InChI is InChI=1S/C14H15N3O4/c18-12(16-7-13(19)17-8-14(20)21)5-9-6-15-11-4-2-1-3-10(9)11/h1-4,6,15H,5,7-8H2,(H,16,18)(H,17,19)(H,20,21). The molecule has 0 aliphatic rings. The highest BCUT2D eigenvalue weighted by molar-refractivity contribution is 5.91. The number of benzene rings is 1. The summed E-state index contributed by atoms with van der Waals surface area (Å²) in [6, 6.07) is 7.61. The summed E-state index contributed by atoms with van der Waals surface area (Å²) in [5.41, 5.74) is 1.79. The van der Waals surface area contributed by atoms with Crippen LogP contribution in [0, 0.1) is 0 Å². The minimum absolute atomic E-state index is 0.149. The third-order valence-electron chi connectivity index (χ3n) is 2.91.